The van der Waals surface area contributed by atoms with Crippen LogP contribution < -0.4 is 10.0 Å². The summed E-state index contributed by atoms with van der Waals surface area (Å²) in [5.74, 6) is 0.334. The summed E-state index contributed by atoms with van der Waals surface area (Å²) in [5, 5.41) is 10.5. The van der Waals surface area contributed by atoms with Crippen LogP contribution >= 0.6 is 0 Å². The number of hydrogen-bond donors (Lipinski definition) is 2. The molecule has 0 radical (unpaired) electrons. The molecule has 8 nitrogen and oxygen atoms in total. The molecule has 0 bridgehead atoms. The van der Waals surface area contributed by atoms with E-state index >= 15 is 0 Å². The lowest BCUT2D eigenvalue weighted by atomic mass is 10.2. The second kappa shape index (κ2) is 6.33. The summed E-state index contributed by atoms with van der Waals surface area (Å²) in [4.78, 5) is 12.0. The molecule has 2 N–H and O–H groups in total. The van der Waals surface area contributed by atoms with Gasteiger partial charge in [0.1, 0.15) is 12.2 Å². The first kappa shape index (κ1) is 16.6. The maximum atomic E-state index is 12.4. The van der Waals surface area contributed by atoms with E-state index in [1.807, 2.05) is 0 Å². The molecule has 1 atom stereocenters. The Bertz CT molecular complexity index is 840. The van der Waals surface area contributed by atoms with Crippen LogP contribution in [0.25, 0.3) is 0 Å². The zero-order chi connectivity index (χ0) is 17.3. The fourth-order valence-electron chi connectivity index (χ4n) is 2.32. The zero-order valence-electron chi connectivity index (χ0n) is 13.4. The van der Waals surface area contributed by atoms with Crippen molar-refractivity contribution >= 4 is 15.9 Å². The predicted molar refractivity (Wildman–Crippen MR) is 86.7 cm³/mol. The van der Waals surface area contributed by atoms with Crippen molar-refractivity contribution in [2.75, 3.05) is 0 Å². The van der Waals surface area contributed by atoms with E-state index in [2.05, 4.69) is 20.2 Å². The molecule has 128 valence electrons. The van der Waals surface area contributed by atoms with Crippen molar-refractivity contribution in [2.24, 2.45) is 7.05 Å². The first-order valence-corrected chi connectivity index (χ1v) is 9.12. The van der Waals surface area contributed by atoms with Crippen molar-refractivity contribution in [3.05, 3.63) is 42.0 Å². The van der Waals surface area contributed by atoms with Crippen LogP contribution in [0.2, 0.25) is 0 Å². The minimum Gasteiger partial charge on any atom is -0.349 e. The number of carbonyl (C=O) groups is 1. The van der Waals surface area contributed by atoms with Gasteiger partial charge in [0.25, 0.3) is 5.91 Å². The highest BCUT2D eigenvalue weighted by Gasteiger charge is 2.24. The van der Waals surface area contributed by atoms with Gasteiger partial charge in [0.05, 0.1) is 10.9 Å². The number of benzene rings is 1. The van der Waals surface area contributed by atoms with Crippen molar-refractivity contribution in [3.8, 4) is 0 Å². The summed E-state index contributed by atoms with van der Waals surface area (Å²) in [6, 6.07) is 5.61. The number of sulfonamides is 1. The fourth-order valence-corrected chi connectivity index (χ4v) is 3.52. The van der Waals surface area contributed by atoms with E-state index in [-0.39, 0.29) is 16.8 Å². The topological polar surface area (TPSA) is 106 Å². The molecular weight excluding hydrogens is 330 g/mol. The lowest BCUT2D eigenvalue weighted by Gasteiger charge is -2.13. The van der Waals surface area contributed by atoms with Crippen LogP contribution in [0, 0.1) is 0 Å². The Morgan fingerprint density at radius 2 is 1.96 bits per heavy atom. The highest BCUT2D eigenvalue weighted by molar-refractivity contribution is 7.89. The Balaban J connectivity index is 1.72. The first-order chi connectivity index (χ1) is 11.4. The molecule has 1 aromatic heterocycles. The number of rotatable bonds is 6. The highest BCUT2D eigenvalue weighted by atomic mass is 32.2. The average molecular weight is 349 g/mol. The average Bonchev–Trinajstić information content (AvgIpc) is 3.24. The van der Waals surface area contributed by atoms with Gasteiger partial charge in [0, 0.05) is 18.7 Å². The van der Waals surface area contributed by atoms with Gasteiger partial charge in [-0.05, 0) is 44.0 Å². The molecule has 1 saturated carbocycles. The number of nitrogens with one attached hydrogen (secondary N) is 2. The molecule has 24 heavy (non-hydrogen) atoms. The summed E-state index contributed by atoms with van der Waals surface area (Å²) in [7, 11) is -1.97. The lowest BCUT2D eigenvalue weighted by Crippen LogP contribution is -2.29. The van der Waals surface area contributed by atoms with Crippen LogP contribution in [0.4, 0.5) is 0 Å². The summed E-state index contributed by atoms with van der Waals surface area (Å²) in [6.07, 6.45) is 3.51. The predicted octanol–water partition coefficient (Wildman–Crippen LogP) is 0.747. The van der Waals surface area contributed by atoms with Gasteiger partial charge in [0.15, 0.2) is 0 Å². The normalized spacial score (nSPS) is 15.9. The fraction of sp³-hybridized carbons (Fsp3) is 0.400. The number of carbonyl (C=O) groups excluding carboxylic acids is 1. The zero-order valence-corrected chi connectivity index (χ0v) is 14.2. The number of nitrogens with zero attached hydrogens (tertiary/aromatic N) is 3. The van der Waals surface area contributed by atoms with Gasteiger partial charge in [-0.3, -0.25) is 4.79 Å². The minimum atomic E-state index is -3.72. The molecule has 2 aromatic rings. The summed E-state index contributed by atoms with van der Waals surface area (Å²) in [6.45, 7) is 1.69. The largest absolute Gasteiger partial charge is 0.349 e. The van der Waals surface area contributed by atoms with E-state index in [0.29, 0.717) is 11.4 Å². The van der Waals surface area contributed by atoms with Crippen molar-refractivity contribution in [1.82, 2.24) is 24.8 Å². The molecule has 0 aliphatic heterocycles. The quantitative estimate of drug-likeness (QED) is 0.800. The minimum absolute atomic E-state index is 0.0968. The molecule has 0 spiro atoms. The van der Waals surface area contributed by atoms with E-state index in [1.54, 1.807) is 18.5 Å². The van der Waals surface area contributed by atoms with Gasteiger partial charge in [0.2, 0.25) is 10.0 Å². The molecule has 0 saturated heterocycles. The van der Waals surface area contributed by atoms with Gasteiger partial charge in [-0.25, -0.2) is 13.1 Å². The number of aryl methyl sites for hydroxylation is 1. The van der Waals surface area contributed by atoms with E-state index in [1.165, 1.54) is 30.6 Å². The molecule has 1 amide bonds. The number of hydrogen-bond acceptors (Lipinski definition) is 5. The molecule has 1 aromatic carbocycles. The van der Waals surface area contributed by atoms with E-state index in [4.69, 9.17) is 0 Å². The second-order valence-corrected chi connectivity index (χ2v) is 7.63. The van der Waals surface area contributed by atoms with Gasteiger partial charge in [-0.1, -0.05) is 0 Å². The summed E-state index contributed by atoms with van der Waals surface area (Å²) >= 11 is 0. The monoisotopic (exact) mass is 349 g/mol. The Hall–Kier alpha value is -2.26. The van der Waals surface area contributed by atoms with Gasteiger partial charge < -0.3 is 9.88 Å². The molecule has 1 aliphatic carbocycles. The van der Waals surface area contributed by atoms with Gasteiger partial charge in [-0.2, -0.15) is 0 Å². The molecular formula is C15H19N5O3S. The van der Waals surface area contributed by atoms with Crippen LogP contribution in [0.3, 0.4) is 0 Å². The van der Waals surface area contributed by atoms with Crippen molar-refractivity contribution < 1.29 is 13.2 Å². The third-order valence-corrected chi connectivity index (χ3v) is 5.36. The molecule has 9 heteroatoms. The Labute approximate surface area is 140 Å². The molecule has 3 rings (SSSR count). The van der Waals surface area contributed by atoms with Crippen LogP contribution in [0.15, 0.2) is 35.5 Å². The van der Waals surface area contributed by atoms with Crippen LogP contribution in [0.5, 0.6) is 0 Å². The third kappa shape index (κ3) is 3.62. The van der Waals surface area contributed by atoms with Gasteiger partial charge >= 0.3 is 0 Å². The van der Waals surface area contributed by atoms with Crippen molar-refractivity contribution in [1.29, 1.82) is 0 Å². The smallest absolute Gasteiger partial charge is 0.251 e. The van der Waals surface area contributed by atoms with E-state index in [9.17, 15) is 13.2 Å². The van der Waals surface area contributed by atoms with E-state index < -0.39 is 16.1 Å². The van der Waals surface area contributed by atoms with Gasteiger partial charge in [-0.15, -0.1) is 10.2 Å². The van der Waals surface area contributed by atoms with Crippen LogP contribution in [-0.4, -0.2) is 35.1 Å². The summed E-state index contributed by atoms with van der Waals surface area (Å²) < 4.78 is 29.1. The number of aromatic nitrogens is 3. The first-order valence-electron chi connectivity index (χ1n) is 7.64. The molecule has 1 fully saturated rings. The standard InChI is InChI=1S/C15H19N5O3S/c1-10(14-18-16-9-20(14)2)19-24(22,23)13-7-3-11(4-8-13)15(21)17-12-5-6-12/h3-4,7-10,12,19H,5-6H2,1-2H3,(H,17,21)/t10-/m1/s1. The SMILES string of the molecule is C[C@@H](NS(=O)(=O)c1ccc(C(=O)NC2CC2)cc1)c1nncn1C. The second-order valence-electron chi connectivity index (χ2n) is 5.92. The Kier molecular flexibility index (Phi) is 4.37. The van der Waals surface area contributed by atoms with E-state index in [0.717, 1.165) is 12.8 Å². The summed E-state index contributed by atoms with van der Waals surface area (Å²) in [5.41, 5.74) is 0.446. The lowest BCUT2D eigenvalue weighted by molar-refractivity contribution is 0.0951. The molecule has 0 unspecified atom stereocenters. The molecule has 1 heterocycles. The van der Waals surface area contributed by atoms with Crippen LogP contribution in [0.1, 0.15) is 42.0 Å². The molecule has 1 aliphatic rings. The van der Waals surface area contributed by atoms with Crippen LogP contribution in [-0.2, 0) is 17.1 Å². The maximum Gasteiger partial charge on any atom is 0.251 e. The third-order valence-electron chi connectivity index (χ3n) is 3.81. The Morgan fingerprint density at radius 3 is 2.50 bits per heavy atom. The number of amides is 1. The van der Waals surface area contributed by atoms with Crippen molar-refractivity contribution in [2.45, 2.75) is 36.7 Å². The Morgan fingerprint density at radius 1 is 1.29 bits per heavy atom. The highest BCUT2D eigenvalue weighted by Crippen LogP contribution is 2.20. The van der Waals surface area contributed by atoms with Crippen molar-refractivity contribution in [3.63, 3.8) is 0 Å². The maximum absolute atomic E-state index is 12.4.